The minimum Gasteiger partial charge on any atom is -0.484 e. The fourth-order valence-electron chi connectivity index (χ4n) is 1.71. The molecule has 0 saturated carbocycles. The summed E-state index contributed by atoms with van der Waals surface area (Å²) in [4.78, 5) is 4.37. The number of pyridine rings is 1. The summed E-state index contributed by atoms with van der Waals surface area (Å²) in [6.07, 6.45) is 0. The fourth-order valence-corrected chi connectivity index (χ4v) is 1.71. The summed E-state index contributed by atoms with van der Waals surface area (Å²) in [5.41, 5.74) is 1.55. The normalized spacial score (nSPS) is 10.6. The van der Waals surface area contributed by atoms with E-state index in [4.69, 9.17) is 4.74 Å². The Balaban J connectivity index is 2.01. The Morgan fingerprint density at radius 2 is 1.85 bits per heavy atom. The Bertz CT molecular complexity index is 576. The maximum atomic E-state index is 13.4. The van der Waals surface area contributed by atoms with Crippen molar-refractivity contribution >= 4 is 0 Å². The molecule has 0 aliphatic heterocycles. The number of benzene rings is 1. The summed E-state index contributed by atoms with van der Waals surface area (Å²) < 4.78 is 31.7. The van der Waals surface area contributed by atoms with E-state index in [9.17, 15) is 8.78 Å². The smallest absolute Gasteiger partial charge is 0.200 e. The Morgan fingerprint density at radius 3 is 2.65 bits per heavy atom. The SMILES string of the molecule is CCNCc1cccc(COc2cccc(F)c2F)n1. The molecular formula is C15H16F2N2O. The van der Waals surface area contributed by atoms with Gasteiger partial charge in [-0.3, -0.25) is 4.98 Å². The van der Waals surface area contributed by atoms with Crippen LogP contribution in [0.4, 0.5) is 8.78 Å². The van der Waals surface area contributed by atoms with Crippen LogP contribution in [0.3, 0.4) is 0 Å². The van der Waals surface area contributed by atoms with E-state index in [0.29, 0.717) is 12.2 Å². The predicted octanol–water partition coefficient (Wildman–Crippen LogP) is 3.05. The Hall–Kier alpha value is -2.01. The third-order valence-electron chi connectivity index (χ3n) is 2.71. The van der Waals surface area contributed by atoms with E-state index in [2.05, 4.69) is 10.3 Å². The average molecular weight is 278 g/mol. The van der Waals surface area contributed by atoms with Gasteiger partial charge in [-0.1, -0.05) is 19.1 Å². The molecule has 1 aromatic heterocycles. The monoisotopic (exact) mass is 278 g/mol. The molecule has 0 aliphatic rings. The number of hydrogen-bond donors (Lipinski definition) is 1. The molecule has 0 amide bonds. The van der Waals surface area contributed by atoms with Crippen molar-refractivity contribution in [1.82, 2.24) is 10.3 Å². The molecule has 0 fully saturated rings. The van der Waals surface area contributed by atoms with Crippen LogP contribution in [0.5, 0.6) is 5.75 Å². The number of ether oxygens (including phenoxy) is 1. The van der Waals surface area contributed by atoms with Gasteiger partial charge in [-0.25, -0.2) is 4.39 Å². The molecule has 0 radical (unpaired) electrons. The molecule has 1 N–H and O–H groups in total. The van der Waals surface area contributed by atoms with E-state index < -0.39 is 11.6 Å². The van der Waals surface area contributed by atoms with Crippen molar-refractivity contribution in [3.05, 3.63) is 59.4 Å². The predicted molar refractivity (Wildman–Crippen MR) is 72.3 cm³/mol. The first-order valence-corrected chi connectivity index (χ1v) is 6.43. The van der Waals surface area contributed by atoms with Crippen LogP contribution in [0.2, 0.25) is 0 Å². The van der Waals surface area contributed by atoms with Gasteiger partial charge in [-0.05, 0) is 30.8 Å². The summed E-state index contributed by atoms with van der Waals surface area (Å²) in [5.74, 6) is -2.00. The molecule has 106 valence electrons. The molecule has 1 aromatic carbocycles. The second kappa shape index (κ2) is 6.96. The van der Waals surface area contributed by atoms with Crippen molar-refractivity contribution in [3.63, 3.8) is 0 Å². The summed E-state index contributed by atoms with van der Waals surface area (Å²) in [7, 11) is 0. The van der Waals surface area contributed by atoms with Gasteiger partial charge in [0.15, 0.2) is 11.6 Å². The number of nitrogens with one attached hydrogen (secondary N) is 1. The number of hydrogen-bond acceptors (Lipinski definition) is 3. The zero-order valence-corrected chi connectivity index (χ0v) is 11.2. The van der Waals surface area contributed by atoms with E-state index in [-0.39, 0.29) is 12.4 Å². The molecule has 0 saturated heterocycles. The highest BCUT2D eigenvalue weighted by molar-refractivity contribution is 5.25. The Kier molecular flexibility index (Phi) is 5.01. The summed E-state index contributed by atoms with van der Waals surface area (Å²) in [5, 5.41) is 3.17. The molecule has 0 spiro atoms. The minimum absolute atomic E-state index is 0.0976. The first-order chi connectivity index (χ1) is 9.70. The quantitative estimate of drug-likeness (QED) is 0.882. The summed E-state index contributed by atoms with van der Waals surface area (Å²) >= 11 is 0. The highest BCUT2D eigenvalue weighted by atomic mass is 19.2. The van der Waals surface area contributed by atoms with Crippen LogP contribution < -0.4 is 10.1 Å². The van der Waals surface area contributed by atoms with Crippen molar-refractivity contribution < 1.29 is 13.5 Å². The topological polar surface area (TPSA) is 34.1 Å². The van der Waals surface area contributed by atoms with Gasteiger partial charge in [-0.2, -0.15) is 4.39 Å². The van der Waals surface area contributed by atoms with Crippen LogP contribution in [0.1, 0.15) is 18.3 Å². The van der Waals surface area contributed by atoms with Crippen molar-refractivity contribution in [3.8, 4) is 5.75 Å². The minimum atomic E-state index is -0.976. The van der Waals surface area contributed by atoms with Gasteiger partial charge in [-0.15, -0.1) is 0 Å². The van der Waals surface area contributed by atoms with E-state index >= 15 is 0 Å². The zero-order valence-electron chi connectivity index (χ0n) is 11.2. The van der Waals surface area contributed by atoms with Crippen LogP contribution >= 0.6 is 0 Å². The van der Waals surface area contributed by atoms with Gasteiger partial charge in [0.05, 0.1) is 11.4 Å². The zero-order chi connectivity index (χ0) is 14.4. The van der Waals surface area contributed by atoms with Crippen LogP contribution in [0.25, 0.3) is 0 Å². The number of halogens is 2. The number of aromatic nitrogens is 1. The van der Waals surface area contributed by atoms with E-state index in [1.54, 1.807) is 6.07 Å². The highest BCUT2D eigenvalue weighted by Crippen LogP contribution is 2.20. The molecule has 0 aliphatic carbocycles. The van der Waals surface area contributed by atoms with E-state index in [1.807, 2.05) is 19.1 Å². The van der Waals surface area contributed by atoms with Gasteiger partial charge in [0.1, 0.15) is 6.61 Å². The Labute approximate surface area is 116 Å². The fraction of sp³-hybridized carbons (Fsp3) is 0.267. The van der Waals surface area contributed by atoms with Crippen molar-refractivity contribution in [1.29, 1.82) is 0 Å². The summed E-state index contributed by atoms with van der Waals surface area (Å²) in [6, 6.07) is 9.39. The number of rotatable bonds is 6. The molecule has 1 heterocycles. The van der Waals surface area contributed by atoms with Crippen LogP contribution in [0.15, 0.2) is 36.4 Å². The first-order valence-electron chi connectivity index (χ1n) is 6.43. The standard InChI is InChI=1S/C15H16F2N2O/c1-2-18-9-11-5-3-6-12(19-11)10-20-14-8-4-7-13(16)15(14)17/h3-8,18H,2,9-10H2,1H3. The van der Waals surface area contributed by atoms with E-state index in [0.717, 1.165) is 18.3 Å². The average Bonchev–Trinajstić information content (AvgIpc) is 2.47. The first kappa shape index (κ1) is 14.4. The van der Waals surface area contributed by atoms with Gasteiger partial charge >= 0.3 is 0 Å². The van der Waals surface area contributed by atoms with Crippen LogP contribution in [-0.2, 0) is 13.2 Å². The third-order valence-corrected chi connectivity index (χ3v) is 2.71. The molecule has 5 heteroatoms. The lowest BCUT2D eigenvalue weighted by Crippen LogP contribution is -2.13. The largest absolute Gasteiger partial charge is 0.484 e. The molecule has 20 heavy (non-hydrogen) atoms. The molecular weight excluding hydrogens is 262 g/mol. The van der Waals surface area contributed by atoms with Gasteiger partial charge < -0.3 is 10.1 Å². The molecule has 2 rings (SSSR count). The van der Waals surface area contributed by atoms with Crippen molar-refractivity contribution in [2.45, 2.75) is 20.1 Å². The second-order valence-corrected chi connectivity index (χ2v) is 4.24. The molecule has 3 nitrogen and oxygen atoms in total. The van der Waals surface area contributed by atoms with Gasteiger partial charge in [0.25, 0.3) is 0 Å². The summed E-state index contributed by atoms with van der Waals surface area (Å²) in [6.45, 7) is 3.63. The van der Waals surface area contributed by atoms with E-state index in [1.165, 1.54) is 12.1 Å². The van der Waals surface area contributed by atoms with Crippen molar-refractivity contribution in [2.75, 3.05) is 6.54 Å². The van der Waals surface area contributed by atoms with Crippen LogP contribution in [0, 0.1) is 11.6 Å². The number of nitrogens with zero attached hydrogens (tertiary/aromatic N) is 1. The van der Waals surface area contributed by atoms with Gasteiger partial charge in [0.2, 0.25) is 5.82 Å². The maximum Gasteiger partial charge on any atom is 0.200 e. The maximum absolute atomic E-state index is 13.4. The third kappa shape index (κ3) is 3.74. The lowest BCUT2D eigenvalue weighted by atomic mass is 10.3. The lowest BCUT2D eigenvalue weighted by molar-refractivity contribution is 0.280. The highest BCUT2D eigenvalue weighted by Gasteiger charge is 2.09. The molecule has 0 atom stereocenters. The Morgan fingerprint density at radius 1 is 1.10 bits per heavy atom. The second-order valence-electron chi connectivity index (χ2n) is 4.24. The van der Waals surface area contributed by atoms with Crippen molar-refractivity contribution in [2.24, 2.45) is 0 Å². The van der Waals surface area contributed by atoms with Gasteiger partial charge in [0, 0.05) is 6.54 Å². The lowest BCUT2D eigenvalue weighted by Gasteiger charge is -2.08. The molecule has 0 bridgehead atoms. The van der Waals surface area contributed by atoms with Crippen LogP contribution in [-0.4, -0.2) is 11.5 Å². The molecule has 0 unspecified atom stereocenters. The molecule has 2 aromatic rings.